The van der Waals surface area contributed by atoms with Gasteiger partial charge in [0.1, 0.15) is 17.6 Å². The van der Waals surface area contributed by atoms with E-state index in [-0.39, 0.29) is 36.8 Å². The maximum atomic E-state index is 13.7. The second kappa shape index (κ2) is 13.4. The van der Waals surface area contributed by atoms with E-state index in [2.05, 4.69) is 21.2 Å². The molecule has 194 valence electrons. The number of nitrogens with one attached hydrogen (secondary N) is 1. The fourth-order valence-corrected chi connectivity index (χ4v) is 4.91. The number of carbonyl (C=O) groups is 2. The van der Waals surface area contributed by atoms with Gasteiger partial charge < -0.3 is 15.0 Å². The van der Waals surface area contributed by atoms with Gasteiger partial charge in [0.2, 0.25) is 5.91 Å². The molecule has 1 atom stereocenters. The van der Waals surface area contributed by atoms with Crippen molar-refractivity contribution in [1.82, 2.24) is 10.2 Å². The van der Waals surface area contributed by atoms with Crippen LogP contribution in [0.4, 0.5) is 4.39 Å². The minimum absolute atomic E-state index is 0.125. The Morgan fingerprint density at radius 3 is 2.27 bits per heavy atom. The Labute approximate surface area is 226 Å². The van der Waals surface area contributed by atoms with Crippen LogP contribution in [0, 0.1) is 5.82 Å². The lowest BCUT2D eigenvalue weighted by molar-refractivity contribution is -0.143. The Kier molecular flexibility index (Phi) is 9.71. The van der Waals surface area contributed by atoms with Gasteiger partial charge in [0.15, 0.2) is 6.61 Å². The van der Waals surface area contributed by atoms with Crippen LogP contribution in [0.3, 0.4) is 0 Å². The molecule has 0 saturated heterocycles. The van der Waals surface area contributed by atoms with E-state index in [1.165, 1.54) is 30.7 Å². The molecule has 0 spiro atoms. The zero-order chi connectivity index (χ0) is 26.0. The van der Waals surface area contributed by atoms with E-state index in [0.29, 0.717) is 12.2 Å². The molecule has 5 nitrogen and oxygen atoms in total. The zero-order valence-corrected chi connectivity index (χ0v) is 22.3. The first-order valence-corrected chi connectivity index (χ1v) is 13.5. The quantitative estimate of drug-likeness (QED) is 0.324. The summed E-state index contributed by atoms with van der Waals surface area (Å²) in [6.45, 7) is -0.00135. The average Bonchev–Trinajstić information content (AvgIpc) is 2.92. The number of nitrogens with zero attached hydrogens (tertiary/aromatic N) is 1. The van der Waals surface area contributed by atoms with Crippen LogP contribution in [0.2, 0.25) is 0 Å². The number of benzene rings is 3. The normalized spacial score (nSPS) is 14.5. The average molecular weight is 567 g/mol. The minimum atomic E-state index is -0.711. The van der Waals surface area contributed by atoms with Crippen molar-refractivity contribution in [2.24, 2.45) is 0 Å². The van der Waals surface area contributed by atoms with Crippen LogP contribution in [0.5, 0.6) is 5.75 Å². The summed E-state index contributed by atoms with van der Waals surface area (Å²) in [5.74, 6) is -0.447. The first-order valence-electron chi connectivity index (χ1n) is 12.7. The van der Waals surface area contributed by atoms with Crippen molar-refractivity contribution < 1.29 is 18.7 Å². The molecule has 1 aliphatic rings. The molecule has 37 heavy (non-hydrogen) atoms. The van der Waals surface area contributed by atoms with E-state index >= 15 is 0 Å². The predicted octanol–water partition coefficient (Wildman–Crippen LogP) is 6.06. The number of rotatable bonds is 10. The topological polar surface area (TPSA) is 58.6 Å². The molecule has 1 saturated carbocycles. The molecule has 1 fully saturated rings. The van der Waals surface area contributed by atoms with Crippen molar-refractivity contribution in [1.29, 1.82) is 0 Å². The summed E-state index contributed by atoms with van der Waals surface area (Å²) < 4.78 is 19.9. The first-order chi connectivity index (χ1) is 18.0. The SMILES string of the molecule is O=C(NC1CCCCC1)[C@@H](Cc1ccccc1)N(Cc1ccc(Br)cc1)C(=O)COc1ccc(F)cc1. The minimum Gasteiger partial charge on any atom is -0.484 e. The van der Waals surface area contributed by atoms with Crippen LogP contribution in [0.25, 0.3) is 0 Å². The Balaban J connectivity index is 1.59. The summed E-state index contributed by atoms with van der Waals surface area (Å²) in [5.41, 5.74) is 1.88. The Morgan fingerprint density at radius 1 is 0.919 bits per heavy atom. The fourth-order valence-electron chi connectivity index (χ4n) is 4.64. The largest absolute Gasteiger partial charge is 0.484 e. The Morgan fingerprint density at radius 2 is 1.59 bits per heavy atom. The van der Waals surface area contributed by atoms with E-state index in [4.69, 9.17) is 4.74 Å². The number of hydrogen-bond acceptors (Lipinski definition) is 3. The summed E-state index contributed by atoms with van der Waals surface area (Å²) in [5, 5.41) is 3.23. The molecule has 2 amide bonds. The van der Waals surface area contributed by atoms with Gasteiger partial charge in [-0.05, 0) is 60.4 Å². The van der Waals surface area contributed by atoms with Gasteiger partial charge >= 0.3 is 0 Å². The molecule has 0 aromatic heterocycles. The maximum Gasteiger partial charge on any atom is 0.261 e. The fraction of sp³-hybridized carbons (Fsp3) is 0.333. The van der Waals surface area contributed by atoms with Crippen LogP contribution in [-0.4, -0.2) is 35.4 Å². The van der Waals surface area contributed by atoms with E-state index < -0.39 is 6.04 Å². The van der Waals surface area contributed by atoms with Gasteiger partial charge in [-0.1, -0.05) is 77.7 Å². The van der Waals surface area contributed by atoms with Gasteiger partial charge in [-0.15, -0.1) is 0 Å². The highest BCUT2D eigenvalue weighted by Gasteiger charge is 2.32. The highest BCUT2D eigenvalue weighted by atomic mass is 79.9. The molecular formula is C30H32BrFN2O3. The monoisotopic (exact) mass is 566 g/mol. The van der Waals surface area contributed by atoms with Gasteiger partial charge in [-0.2, -0.15) is 0 Å². The zero-order valence-electron chi connectivity index (χ0n) is 20.7. The summed E-state index contributed by atoms with van der Waals surface area (Å²) >= 11 is 3.46. The second-order valence-electron chi connectivity index (χ2n) is 9.44. The molecule has 0 unspecified atom stereocenters. The van der Waals surface area contributed by atoms with Crippen LogP contribution in [0.1, 0.15) is 43.2 Å². The van der Waals surface area contributed by atoms with Crippen LogP contribution >= 0.6 is 15.9 Å². The van der Waals surface area contributed by atoms with Crippen molar-refractivity contribution in [2.75, 3.05) is 6.61 Å². The molecule has 0 heterocycles. The highest BCUT2D eigenvalue weighted by Crippen LogP contribution is 2.21. The lowest BCUT2D eigenvalue weighted by Crippen LogP contribution is -2.53. The molecule has 1 aliphatic carbocycles. The van der Waals surface area contributed by atoms with E-state index in [0.717, 1.165) is 41.3 Å². The number of carbonyl (C=O) groups excluding carboxylic acids is 2. The van der Waals surface area contributed by atoms with Crippen LogP contribution in [0.15, 0.2) is 83.3 Å². The number of ether oxygens (including phenoxy) is 1. The molecular weight excluding hydrogens is 535 g/mol. The Bertz CT molecular complexity index is 1150. The third kappa shape index (κ3) is 8.15. The highest BCUT2D eigenvalue weighted by molar-refractivity contribution is 9.10. The smallest absolute Gasteiger partial charge is 0.261 e. The summed E-state index contributed by atoms with van der Waals surface area (Å²) in [4.78, 5) is 29.0. The number of halogens is 2. The van der Waals surface area contributed by atoms with Crippen LogP contribution < -0.4 is 10.1 Å². The van der Waals surface area contributed by atoms with Crippen molar-refractivity contribution in [3.05, 3.63) is 100 Å². The second-order valence-corrected chi connectivity index (χ2v) is 10.4. The summed E-state index contributed by atoms with van der Waals surface area (Å²) in [7, 11) is 0. The number of hydrogen-bond donors (Lipinski definition) is 1. The van der Waals surface area contributed by atoms with Crippen LogP contribution in [-0.2, 0) is 22.6 Å². The predicted molar refractivity (Wildman–Crippen MR) is 146 cm³/mol. The molecule has 1 N–H and O–H groups in total. The Hall–Kier alpha value is -3.19. The standard InChI is InChI=1S/C30H32BrFN2O3/c31-24-13-11-23(12-14-24)20-34(29(35)21-37-27-17-15-25(32)16-18-27)28(19-22-7-3-1-4-8-22)30(36)33-26-9-5-2-6-10-26/h1,3-4,7-8,11-18,26,28H,2,5-6,9-10,19-21H2,(H,33,36)/t28-/m1/s1. The van der Waals surface area contributed by atoms with Crippen molar-refractivity contribution in [3.8, 4) is 5.75 Å². The number of amides is 2. The van der Waals surface area contributed by atoms with Crippen molar-refractivity contribution in [2.45, 2.75) is 57.2 Å². The molecule has 4 rings (SSSR count). The van der Waals surface area contributed by atoms with E-state index in [1.807, 2.05) is 54.6 Å². The third-order valence-electron chi connectivity index (χ3n) is 6.66. The molecule has 3 aromatic carbocycles. The van der Waals surface area contributed by atoms with Gasteiger partial charge in [-0.3, -0.25) is 9.59 Å². The van der Waals surface area contributed by atoms with E-state index in [9.17, 15) is 14.0 Å². The molecule has 0 radical (unpaired) electrons. The molecule has 0 aliphatic heterocycles. The van der Waals surface area contributed by atoms with Crippen molar-refractivity contribution in [3.63, 3.8) is 0 Å². The van der Waals surface area contributed by atoms with Gasteiger partial charge in [-0.25, -0.2) is 4.39 Å². The van der Waals surface area contributed by atoms with E-state index in [1.54, 1.807) is 4.90 Å². The lowest BCUT2D eigenvalue weighted by Gasteiger charge is -2.33. The van der Waals surface area contributed by atoms with Crippen molar-refractivity contribution >= 4 is 27.7 Å². The lowest BCUT2D eigenvalue weighted by atomic mass is 9.94. The van der Waals surface area contributed by atoms with Gasteiger partial charge in [0.05, 0.1) is 0 Å². The maximum absolute atomic E-state index is 13.7. The third-order valence-corrected chi connectivity index (χ3v) is 7.19. The summed E-state index contributed by atoms with van der Waals surface area (Å²) in [6, 6.07) is 22.4. The van der Waals surface area contributed by atoms with Gasteiger partial charge in [0.25, 0.3) is 5.91 Å². The van der Waals surface area contributed by atoms with Gasteiger partial charge in [0, 0.05) is 23.5 Å². The molecule has 3 aromatic rings. The molecule has 7 heteroatoms. The summed E-state index contributed by atoms with van der Waals surface area (Å²) in [6.07, 6.45) is 5.69. The molecule has 0 bridgehead atoms. The first kappa shape index (κ1) is 26.9.